The van der Waals surface area contributed by atoms with Gasteiger partial charge in [-0.1, -0.05) is 60.3 Å². The van der Waals surface area contributed by atoms with E-state index >= 15 is 0 Å². The summed E-state index contributed by atoms with van der Waals surface area (Å²) in [4.78, 5) is 17.6. The SMILES string of the molecule is CCOC(=O)C1=C(O)/C(=C/c2cccc(Oc3ccccc3)c2)SC1=Nc1ccccc1. The summed E-state index contributed by atoms with van der Waals surface area (Å²) in [7, 11) is 0. The number of rotatable bonds is 6. The number of aliphatic imine (C=N–C) groups is 1. The van der Waals surface area contributed by atoms with Crippen molar-refractivity contribution in [2.24, 2.45) is 4.99 Å². The molecule has 160 valence electrons. The molecule has 0 atom stereocenters. The summed E-state index contributed by atoms with van der Waals surface area (Å²) in [5.74, 6) is 0.659. The second-order valence-electron chi connectivity index (χ2n) is 6.79. The van der Waals surface area contributed by atoms with Gasteiger partial charge >= 0.3 is 5.97 Å². The number of carbonyl (C=O) groups is 1. The van der Waals surface area contributed by atoms with Crippen molar-refractivity contribution >= 4 is 34.5 Å². The van der Waals surface area contributed by atoms with E-state index in [0.717, 1.165) is 11.3 Å². The Balaban J connectivity index is 1.66. The maximum atomic E-state index is 12.5. The summed E-state index contributed by atoms with van der Waals surface area (Å²) in [6, 6.07) is 26.3. The van der Waals surface area contributed by atoms with Crippen molar-refractivity contribution in [3.8, 4) is 11.5 Å². The predicted molar refractivity (Wildman–Crippen MR) is 128 cm³/mol. The highest BCUT2D eigenvalue weighted by atomic mass is 32.2. The summed E-state index contributed by atoms with van der Waals surface area (Å²) in [5.41, 5.74) is 1.57. The van der Waals surface area contributed by atoms with Crippen molar-refractivity contribution < 1.29 is 19.4 Å². The van der Waals surface area contributed by atoms with Gasteiger partial charge in [0.1, 0.15) is 27.9 Å². The Hall–Kier alpha value is -3.77. The third-order valence-corrected chi connectivity index (χ3v) is 5.51. The highest BCUT2D eigenvalue weighted by Gasteiger charge is 2.33. The molecule has 1 N–H and O–H groups in total. The van der Waals surface area contributed by atoms with Gasteiger partial charge in [0, 0.05) is 0 Å². The van der Waals surface area contributed by atoms with Crippen LogP contribution in [0, 0.1) is 0 Å². The number of carbonyl (C=O) groups excluding carboxylic acids is 1. The summed E-state index contributed by atoms with van der Waals surface area (Å²) < 4.78 is 11.0. The molecule has 0 amide bonds. The van der Waals surface area contributed by atoms with Crippen molar-refractivity contribution in [3.05, 3.63) is 107 Å². The van der Waals surface area contributed by atoms with E-state index in [9.17, 15) is 9.90 Å². The van der Waals surface area contributed by atoms with Crippen molar-refractivity contribution in [2.75, 3.05) is 6.61 Å². The minimum atomic E-state index is -0.600. The van der Waals surface area contributed by atoms with Gasteiger partial charge in [0.2, 0.25) is 0 Å². The van der Waals surface area contributed by atoms with Crippen LogP contribution < -0.4 is 4.74 Å². The van der Waals surface area contributed by atoms with Gasteiger partial charge in [0.25, 0.3) is 0 Å². The summed E-state index contributed by atoms with van der Waals surface area (Å²) in [6.07, 6.45) is 1.80. The topological polar surface area (TPSA) is 68.1 Å². The van der Waals surface area contributed by atoms with Crippen LogP contribution in [-0.2, 0) is 9.53 Å². The lowest BCUT2D eigenvalue weighted by Crippen LogP contribution is -2.12. The van der Waals surface area contributed by atoms with Gasteiger partial charge < -0.3 is 14.6 Å². The van der Waals surface area contributed by atoms with E-state index in [1.807, 2.05) is 84.9 Å². The molecule has 0 aliphatic carbocycles. The largest absolute Gasteiger partial charge is 0.506 e. The van der Waals surface area contributed by atoms with Gasteiger partial charge in [-0.25, -0.2) is 9.79 Å². The Kier molecular flexibility index (Phi) is 6.72. The molecule has 6 heteroatoms. The predicted octanol–water partition coefficient (Wildman–Crippen LogP) is 6.67. The Morgan fingerprint density at radius 3 is 2.38 bits per heavy atom. The van der Waals surface area contributed by atoms with Gasteiger partial charge in [0.15, 0.2) is 0 Å². The number of thioether (sulfide) groups is 1. The molecule has 3 aromatic carbocycles. The van der Waals surface area contributed by atoms with E-state index in [4.69, 9.17) is 9.47 Å². The molecule has 0 saturated carbocycles. The Labute approximate surface area is 190 Å². The molecule has 0 saturated heterocycles. The lowest BCUT2D eigenvalue weighted by Gasteiger charge is -2.06. The molecular formula is C26H21NO4S. The number of hydrogen-bond acceptors (Lipinski definition) is 6. The number of aliphatic hydroxyl groups excluding tert-OH is 1. The molecule has 4 rings (SSSR count). The number of ether oxygens (including phenoxy) is 2. The molecule has 3 aromatic rings. The van der Waals surface area contributed by atoms with Gasteiger partial charge in [-0.3, -0.25) is 0 Å². The third-order valence-electron chi connectivity index (χ3n) is 4.49. The maximum Gasteiger partial charge on any atom is 0.344 e. The molecule has 0 spiro atoms. The standard InChI is InChI=1S/C26H21NO4S/c1-2-30-26(29)23-24(28)22(32-25(23)27-19-11-5-3-6-12-19)17-18-10-9-15-21(16-18)31-20-13-7-4-8-14-20/h3-17,28H,2H2,1H3/b22-17-,27-25?. The zero-order chi connectivity index (χ0) is 22.3. The Morgan fingerprint density at radius 2 is 1.66 bits per heavy atom. The number of benzene rings is 3. The molecule has 1 aliphatic rings. The van der Waals surface area contributed by atoms with E-state index in [2.05, 4.69) is 4.99 Å². The summed E-state index contributed by atoms with van der Waals surface area (Å²) in [5, 5.41) is 11.2. The zero-order valence-corrected chi connectivity index (χ0v) is 18.2. The minimum absolute atomic E-state index is 0.0728. The highest BCUT2D eigenvalue weighted by molar-refractivity contribution is 8.18. The van der Waals surface area contributed by atoms with Crippen LogP contribution in [0.15, 0.2) is 106 Å². The number of aliphatic hydroxyl groups is 1. The molecule has 1 aliphatic heterocycles. The fraction of sp³-hybridized carbons (Fsp3) is 0.0769. The fourth-order valence-electron chi connectivity index (χ4n) is 3.06. The second kappa shape index (κ2) is 10.0. The molecule has 0 fully saturated rings. The quantitative estimate of drug-likeness (QED) is 0.431. The molecular weight excluding hydrogens is 422 g/mol. The summed E-state index contributed by atoms with van der Waals surface area (Å²) in [6.45, 7) is 1.93. The number of hydrogen-bond donors (Lipinski definition) is 1. The smallest absolute Gasteiger partial charge is 0.344 e. The first-order chi connectivity index (χ1) is 15.6. The first kappa shape index (κ1) is 21.5. The summed E-state index contributed by atoms with van der Waals surface area (Å²) >= 11 is 1.23. The number of para-hydroxylation sites is 2. The molecule has 0 radical (unpaired) electrons. The van der Waals surface area contributed by atoms with Crippen LogP contribution >= 0.6 is 11.8 Å². The normalized spacial score (nSPS) is 15.9. The van der Waals surface area contributed by atoms with Crippen molar-refractivity contribution in [2.45, 2.75) is 6.92 Å². The molecule has 0 bridgehead atoms. The van der Waals surface area contributed by atoms with Crippen LogP contribution in [0.5, 0.6) is 11.5 Å². The first-order valence-corrected chi connectivity index (χ1v) is 10.9. The van der Waals surface area contributed by atoms with Gasteiger partial charge in [-0.15, -0.1) is 0 Å². The van der Waals surface area contributed by atoms with E-state index in [-0.39, 0.29) is 17.9 Å². The number of nitrogens with zero attached hydrogens (tertiary/aromatic N) is 1. The van der Waals surface area contributed by atoms with Crippen LogP contribution in [0.4, 0.5) is 5.69 Å². The van der Waals surface area contributed by atoms with Crippen LogP contribution in [0.2, 0.25) is 0 Å². The van der Waals surface area contributed by atoms with Gasteiger partial charge in [0.05, 0.1) is 17.2 Å². The monoisotopic (exact) mass is 443 g/mol. The van der Waals surface area contributed by atoms with Gasteiger partial charge in [-0.05, 0) is 55.0 Å². The molecule has 0 aromatic heterocycles. The van der Waals surface area contributed by atoms with Crippen molar-refractivity contribution in [1.82, 2.24) is 0 Å². The lowest BCUT2D eigenvalue weighted by molar-refractivity contribution is -0.138. The van der Waals surface area contributed by atoms with E-state index < -0.39 is 5.97 Å². The Morgan fingerprint density at radius 1 is 0.969 bits per heavy atom. The van der Waals surface area contributed by atoms with Crippen molar-refractivity contribution in [1.29, 1.82) is 0 Å². The van der Waals surface area contributed by atoms with Crippen LogP contribution in [0.3, 0.4) is 0 Å². The van der Waals surface area contributed by atoms with Crippen molar-refractivity contribution in [3.63, 3.8) is 0 Å². The lowest BCUT2D eigenvalue weighted by atomic mass is 10.1. The van der Waals surface area contributed by atoms with E-state index in [0.29, 0.717) is 21.4 Å². The first-order valence-electron chi connectivity index (χ1n) is 10.1. The third kappa shape index (κ3) is 5.10. The van der Waals surface area contributed by atoms with Crippen LogP contribution in [0.1, 0.15) is 12.5 Å². The maximum absolute atomic E-state index is 12.5. The molecule has 0 unspecified atom stereocenters. The Bertz CT molecular complexity index is 1200. The van der Waals surface area contributed by atoms with E-state index in [1.165, 1.54) is 11.8 Å². The zero-order valence-electron chi connectivity index (χ0n) is 17.4. The molecule has 5 nitrogen and oxygen atoms in total. The average Bonchev–Trinajstić information content (AvgIpc) is 3.10. The van der Waals surface area contributed by atoms with Crippen LogP contribution in [-0.4, -0.2) is 22.7 Å². The molecule has 32 heavy (non-hydrogen) atoms. The average molecular weight is 444 g/mol. The van der Waals surface area contributed by atoms with Crippen LogP contribution in [0.25, 0.3) is 6.08 Å². The van der Waals surface area contributed by atoms with E-state index in [1.54, 1.807) is 13.0 Å². The second-order valence-corrected chi connectivity index (χ2v) is 7.83. The minimum Gasteiger partial charge on any atom is -0.506 e. The fourth-order valence-corrected chi connectivity index (χ4v) is 4.09. The molecule has 1 heterocycles. The number of esters is 1. The van der Waals surface area contributed by atoms with Gasteiger partial charge in [-0.2, -0.15) is 0 Å². The highest BCUT2D eigenvalue weighted by Crippen LogP contribution is 2.40.